The van der Waals surface area contributed by atoms with Crippen LogP contribution in [-0.2, 0) is 4.74 Å². The molecule has 1 aromatic rings. The summed E-state index contributed by atoms with van der Waals surface area (Å²) in [6, 6.07) is 0.562. The molecule has 0 unspecified atom stereocenters. The first kappa shape index (κ1) is 14.7. The molecule has 0 saturated heterocycles. The minimum absolute atomic E-state index is 0.0314. The average molecular weight is 276 g/mol. The van der Waals surface area contributed by atoms with Crippen LogP contribution in [0.2, 0.25) is 0 Å². The molecule has 0 radical (unpaired) electrons. The second-order valence-electron chi connectivity index (χ2n) is 3.23. The van der Waals surface area contributed by atoms with Crippen molar-refractivity contribution in [2.24, 2.45) is 0 Å². The van der Waals surface area contributed by atoms with Crippen LogP contribution < -0.4 is 4.74 Å². The minimum atomic E-state index is -3.06. The number of methoxy groups -OCH3 is 1. The van der Waals surface area contributed by atoms with E-state index in [1.807, 2.05) is 0 Å². The number of carbonyl (C=O) groups is 1. The Labute approximate surface area is 106 Å². The zero-order valence-electron chi connectivity index (χ0n) is 10.1. The number of carbonyl (C=O) groups excluding carboxylic acids is 1. The highest BCUT2D eigenvalue weighted by atomic mass is 19.3. The first-order valence-electron chi connectivity index (χ1n) is 5.10. The number of halogens is 2. The third-order valence-corrected chi connectivity index (χ3v) is 2.07. The van der Waals surface area contributed by atoms with Crippen molar-refractivity contribution in [3.63, 3.8) is 0 Å². The topological polar surface area (TPSA) is 91.6 Å². The first-order valence-corrected chi connectivity index (χ1v) is 5.10. The van der Waals surface area contributed by atoms with Crippen molar-refractivity contribution in [3.8, 4) is 5.75 Å². The maximum absolute atomic E-state index is 12.6. The van der Waals surface area contributed by atoms with Gasteiger partial charge in [0.2, 0.25) is 5.75 Å². The highest BCUT2D eigenvalue weighted by molar-refractivity contribution is 5.92. The lowest BCUT2D eigenvalue weighted by molar-refractivity contribution is -0.386. The molecule has 0 amide bonds. The van der Waals surface area contributed by atoms with Gasteiger partial charge in [-0.3, -0.25) is 10.1 Å². The lowest BCUT2D eigenvalue weighted by atomic mass is 10.2. The van der Waals surface area contributed by atoms with Crippen molar-refractivity contribution in [2.45, 2.75) is 13.3 Å². The van der Waals surface area contributed by atoms with Crippen molar-refractivity contribution in [2.75, 3.05) is 13.7 Å². The Morgan fingerprint density at radius 2 is 2.21 bits per heavy atom. The molecule has 0 fully saturated rings. The largest absolute Gasteiger partial charge is 0.488 e. The molecular formula is C10H10F2N2O5. The van der Waals surface area contributed by atoms with Gasteiger partial charge in [-0.25, -0.2) is 18.6 Å². The van der Waals surface area contributed by atoms with E-state index in [0.29, 0.717) is 6.07 Å². The van der Waals surface area contributed by atoms with E-state index in [1.54, 1.807) is 0 Å². The van der Waals surface area contributed by atoms with Gasteiger partial charge in [0.1, 0.15) is 5.69 Å². The second-order valence-corrected chi connectivity index (χ2v) is 3.23. The summed E-state index contributed by atoms with van der Waals surface area (Å²) in [7, 11) is 1.06. The van der Waals surface area contributed by atoms with Gasteiger partial charge in [0.25, 0.3) is 6.43 Å². The maximum atomic E-state index is 12.6. The molecular weight excluding hydrogens is 266 g/mol. The van der Waals surface area contributed by atoms with Crippen LogP contribution in [0.3, 0.4) is 0 Å². The number of nitrogens with zero attached hydrogens (tertiary/aromatic N) is 2. The van der Waals surface area contributed by atoms with Gasteiger partial charge in [-0.2, -0.15) is 0 Å². The highest BCUT2D eigenvalue weighted by Gasteiger charge is 2.29. The predicted molar refractivity (Wildman–Crippen MR) is 58.4 cm³/mol. The molecule has 0 spiro atoms. The van der Waals surface area contributed by atoms with Crippen LogP contribution in [0.1, 0.15) is 29.5 Å². The summed E-state index contributed by atoms with van der Waals surface area (Å²) in [6.07, 6.45) is -3.06. The second kappa shape index (κ2) is 6.03. The first-order chi connectivity index (χ1) is 8.92. The van der Waals surface area contributed by atoms with E-state index < -0.39 is 40.1 Å². The van der Waals surface area contributed by atoms with Gasteiger partial charge >= 0.3 is 11.7 Å². The van der Waals surface area contributed by atoms with Gasteiger partial charge in [0.05, 0.1) is 18.6 Å². The molecule has 0 atom stereocenters. The fourth-order valence-electron chi connectivity index (χ4n) is 1.33. The van der Waals surface area contributed by atoms with Crippen LogP contribution in [0, 0.1) is 10.1 Å². The number of ether oxygens (including phenoxy) is 2. The molecule has 19 heavy (non-hydrogen) atoms. The fraction of sp³-hybridized carbons (Fsp3) is 0.400. The Kier molecular flexibility index (Phi) is 4.67. The molecule has 0 N–H and O–H groups in total. The molecule has 9 heteroatoms. The van der Waals surface area contributed by atoms with Crippen LogP contribution >= 0.6 is 0 Å². The Hall–Kier alpha value is -2.32. The van der Waals surface area contributed by atoms with Crippen molar-refractivity contribution in [3.05, 3.63) is 27.6 Å². The van der Waals surface area contributed by atoms with E-state index in [2.05, 4.69) is 9.72 Å². The zero-order chi connectivity index (χ0) is 14.6. The van der Waals surface area contributed by atoms with Crippen LogP contribution in [-0.4, -0.2) is 29.6 Å². The number of rotatable bonds is 5. The maximum Gasteiger partial charge on any atom is 0.361 e. The summed E-state index contributed by atoms with van der Waals surface area (Å²) >= 11 is 0. The molecule has 0 bridgehead atoms. The molecule has 0 saturated carbocycles. The zero-order valence-corrected chi connectivity index (χ0v) is 10.1. The van der Waals surface area contributed by atoms with Crippen molar-refractivity contribution < 1.29 is 28.0 Å². The smallest absolute Gasteiger partial charge is 0.361 e. The average Bonchev–Trinajstić information content (AvgIpc) is 2.36. The number of hydrogen-bond donors (Lipinski definition) is 0. The Bertz CT molecular complexity index is 507. The Morgan fingerprint density at radius 3 is 2.63 bits per heavy atom. The SMILES string of the molecule is CCOC(=O)c1nc(C(F)F)cc([N+](=O)[O-])c1OC. The molecule has 1 rings (SSSR count). The normalized spacial score (nSPS) is 10.4. The molecule has 1 aromatic heterocycles. The van der Waals surface area contributed by atoms with E-state index in [4.69, 9.17) is 4.74 Å². The lowest BCUT2D eigenvalue weighted by Gasteiger charge is -2.09. The molecule has 0 aliphatic carbocycles. The van der Waals surface area contributed by atoms with E-state index >= 15 is 0 Å². The number of alkyl halides is 2. The van der Waals surface area contributed by atoms with Crippen molar-refractivity contribution >= 4 is 11.7 Å². The van der Waals surface area contributed by atoms with E-state index in [0.717, 1.165) is 7.11 Å². The summed E-state index contributed by atoms with van der Waals surface area (Å²) in [5, 5.41) is 10.8. The van der Waals surface area contributed by atoms with Gasteiger partial charge in [-0.15, -0.1) is 0 Å². The lowest BCUT2D eigenvalue weighted by Crippen LogP contribution is -2.12. The third kappa shape index (κ3) is 3.12. The Morgan fingerprint density at radius 1 is 1.58 bits per heavy atom. The summed E-state index contributed by atoms with van der Waals surface area (Å²) in [5.74, 6) is -1.57. The number of pyridine rings is 1. The standard InChI is InChI=1S/C10H10F2N2O5/c1-3-19-10(15)7-8(18-2)6(14(16)17)4-5(13-7)9(11)12/h4,9H,3H2,1-2H3. The molecule has 0 aliphatic heterocycles. The predicted octanol–water partition coefficient (Wildman–Crippen LogP) is 2.11. The van der Waals surface area contributed by atoms with Crippen molar-refractivity contribution in [1.29, 1.82) is 0 Å². The summed E-state index contributed by atoms with van der Waals surface area (Å²) in [5.41, 5.74) is -2.31. The third-order valence-electron chi connectivity index (χ3n) is 2.07. The van der Waals surface area contributed by atoms with E-state index in [9.17, 15) is 23.7 Å². The van der Waals surface area contributed by atoms with E-state index in [1.165, 1.54) is 6.92 Å². The summed E-state index contributed by atoms with van der Waals surface area (Å²) < 4.78 is 34.5. The monoisotopic (exact) mass is 276 g/mol. The number of aromatic nitrogens is 1. The van der Waals surface area contributed by atoms with Gasteiger partial charge in [-0.1, -0.05) is 0 Å². The quantitative estimate of drug-likeness (QED) is 0.464. The number of hydrogen-bond acceptors (Lipinski definition) is 6. The molecule has 0 aromatic carbocycles. The van der Waals surface area contributed by atoms with Crippen LogP contribution in [0.15, 0.2) is 6.07 Å². The minimum Gasteiger partial charge on any atom is -0.488 e. The van der Waals surface area contributed by atoms with Crippen LogP contribution in [0.5, 0.6) is 5.75 Å². The number of nitro groups is 1. The molecule has 104 valence electrons. The van der Waals surface area contributed by atoms with Crippen LogP contribution in [0.4, 0.5) is 14.5 Å². The Balaban J connectivity index is 3.48. The molecule has 1 heterocycles. The fourth-order valence-corrected chi connectivity index (χ4v) is 1.33. The summed E-state index contributed by atoms with van der Waals surface area (Å²) in [6.45, 7) is 1.46. The molecule has 7 nitrogen and oxygen atoms in total. The van der Waals surface area contributed by atoms with Crippen LogP contribution in [0.25, 0.3) is 0 Å². The molecule has 0 aliphatic rings. The van der Waals surface area contributed by atoms with Gasteiger partial charge in [0, 0.05) is 6.07 Å². The highest BCUT2D eigenvalue weighted by Crippen LogP contribution is 2.33. The van der Waals surface area contributed by atoms with Crippen molar-refractivity contribution in [1.82, 2.24) is 4.98 Å². The van der Waals surface area contributed by atoms with Gasteiger partial charge in [0.15, 0.2) is 5.69 Å². The van der Waals surface area contributed by atoms with Gasteiger partial charge in [-0.05, 0) is 6.92 Å². The van der Waals surface area contributed by atoms with Gasteiger partial charge < -0.3 is 9.47 Å². The van der Waals surface area contributed by atoms with E-state index in [-0.39, 0.29) is 6.61 Å². The summed E-state index contributed by atoms with van der Waals surface area (Å²) in [4.78, 5) is 24.7. The number of esters is 1.